The fourth-order valence-electron chi connectivity index (χ4n) is 2.86. The van der Waals surface area contributed by atoms with Gasteiger partial charge in [-0.05, 0) is 49.4 Å². The minimum absolute atomic E-state index is 0.0163. The van der Waals surface area contributed by atoms with Gasteiger partial charge in [0.15, 0.2) is 6.10 Å². The van der Waals surface area contributed by atoms with E-state index in [0.29, 0.717) is 5.76 Å². The van der Waals surface area contributed by atoms with Gasteiger partial charge in [-0.2, -0.15) is 0 Å². The van der Waals surface area contributed by atoms with Crippen molar-refractivity contribution in [2.24, 2.45) is 0 Å². The van der Waals surface area contributed by atoms with Crippen LogP contribution in [0.15, 0.2) is 70.2 Å². The molecule has 0 bridgehead atoms. The Labute approximate surface area is 200 Å². The maximum atomic E-state index is 12.5. The second kappa shape index (κ2) is 10.8. The van der Waals surface area contributed by atoms with Crippen LogP contribution in [0.3, 0.4) is 0 Å². The molecule has 13 heteroatoms. The van der Waals surface area contributed by atoms with Gasteiger partial charge in [-0.25, -0.2) is 17.9 Å². The van der Waals surface area contributed by atoms with Gasteiger partial charge in [-0.1, -0.05) is 0 Å². The third kappa shape index (κ3) is 6.43. The lowest BCUT2D eigenvalue weighted by molar-refractivity contribution is -0.384. The number of nitro groups is 1. The van der Waals surface area contributed by atoms with Crippen LogP contribution in [-0.4, -0.2) is 38.4 Å². The molecule has 0 saturated heterocycles. The zero-order chi connectivity index (χ0) is 25.6. The Hall–Kier alpha value is -4.23. The number of nitro benzene ring substituents is 1. The highest BCUT2D eigenvalue weighted by Gasteiger charge is 2.22. The molecule has 0 radical (unpaired) electrons. The topological polar surface area (TPSA) is 167 Å². The number of nitrogens with one attached hydrogen (secondary N) is 2. The molecule has 2 aromatic carbocycles. The number of carbonyl (C=O) groups excluding carboxylic acids is 2. The first-order valence-electron chi connectivity index (χ1n) is 10.1. The number of furan rings is 1. The van der Waals surface area contributed by atoms with Crippen molar-refractivity contribution in [2.75, 3.05) is 12.4 Å². The predicted octanol–water partition coefficient (Wildman–Crippen LogP) is 2.86. The average molecular weight is 503 g/mol. The summed E-state index contributed by atoms with van der Waals surface area (Å²) in [4.78, 5) is 35.2. The lowest BCUT2D eigenvalue weighted by Gasteiger charge is -2.15. The quantitative estimate of drug-likeness (QED) is 0.240. The fourth-order valence-corrected chi connectivity index (χ4v) is 3.85. The average Bonchev–Trinajstić information content (AvgIpc) is 3.36. The van der Waals surface area contributed by atoms with Gasteiger partial charge in [0.2, 0.25) is 10.0 Å². The smallest absolute Gasteiger partial charge is 0.338 e. The largest absolute Gasteiger partial charge is 0.495 e. The van der Waals surface area contributed by atoms with Crippen LogP contribution in [0.25, 0.3) is 0 Å². The zero-order valence-electron chi connectivity index (χ0n) is 18.6. The van der Waals surface area contributed by atoms with Crippen LogP contribution in [0.4, 0.5) is 11.4 Å². The lowest BCUT2D eigenvalue weighted by atomic mass is 10.2. The van der Waals surface area contributed by atoms with Gasteiger partial charge in [0.05, 0.1) is 41.0 Å². The molecule has 0 unspecified atom stereocenters. The number of hydrogen-bond donors (Lipinski definition) is 2. The zero-order valence-corrected chi connectivity index (χ0v) is 19.4. The van der Waals surface area contributed by atoms with E-state index < -0.39 is 32.9 Å². The summed E-state index contributed by atoms with van der Waals surface area (Å²) < 4.78 is 42.5. The summed E-state index contributed by atoms with van der Waals surface area (Å²) in [5.41, 5.74) is -0.215. The number of benzene rings is 2. The van der Waals surface area contributed by atoms with Crippen molar-refractivity contribution in [1.29, 1.82) is 0 Å². The second-order valence-corrected chi connectivity index (χ2v) is 8.87. The minimum atomic E-state index is -3.85. The van der Waals surface area contributed by atoms with Crippen molar-refractivity contribution < 1.29 is 36.8 Å². The molecule has 184 valence electrons. The molecule has 1 amide bonds. The Bertz CT molecular complexity index is 1320. The maximum absolute atomic E-state index is 12.5. The fraction of sp³-hybridized carbons (Fsp3) is 0.182. The van der Waals surface area contributed by atoms with E-state index in [4.69, 9.17) is 13.9 Å². The molecular formula is C22H21N3O9S. The third-order valence-electron chi connectivity index (χ3n) is 4.72. The van der Waals surface area contributed by atoms with Crippen LogP contribution >= 0.6 is 0 Å². The molecule has 1 atom stereocenters. The van der Waals surface area contributed by atoms with Crippen LogP contribution in [0, 0.1) is 10.1 Å². The molecule has 0 fully saturated rings. The van der Waals surface area contributed by atoms with Crippen LogP contribution < -0.4 is 14.8 Å². The van der Waals surface area contributed by atoms with Gasteiger partial charge in [0.1, 0.15) is 11.5 Å². The number of esters is 1. The number of methoxy groups -OCH3 is 1. The summed E-state index contributed by atoms with van der Waals surface area (Å²) in [6.45, 7) is 1.27. The highest BCUT2D eigenvalue weighted by Crippen LogP contribution is 2.29. The van der Waals surface area contributed by atoms with Crippen LogP contribution in [-0.2, 0) is 26.1 Å². The van der Waals surface area contributed by atoms with Gasteiger partial charge in [-0.3, -0.25) is 14.9 Å². The predicted molar refractivity (Wildman–Crippen MR) is 122 cm³/mol. The normalized spacial score (nSPS) is 11.9. The van der Waals surface area contributed by atoms with Crippen molar-refractivity contribution in [2.45, 2.75) is 24.5 Å². The van der Waals surface area contributed by atoms with Crippen LogP contribution in [0.2, 0.25) is 0 Å². The standard InChI is InChI=1S/C22H21N3O9S/c1-14(21(26)24-19-12-16(25(28)29)7-10-20(19)32-2)34-22(27)15-5-8-18(9-6-15)35(30,31)23-13-17-4-3-11-33-17/h3-12,14,23H,13H2,1-2H3,(H,24,26)/t14-/m1/s1. The molecule has 0 aliphatic heterocycles. The number of amides is 1. The first-order valence-corrected chi connectivity index (χ1v) is 11.6. The van der Waals surface area contributed by atoms with Gasteiger partial charge in [-0.15, -0.1) is 0 Å². The van der Waals surface area contributed by atoms with Gasteiger partial charge in [0.25, 0.3) is 11.6 Å². The number of anilines is 1. The maximum Gasteiger partial charge on any atom is 0.338 e. The van der Waals surface area contributed by atoms with E-state index in [-0.39, 0.29) is 34.1 Å². The summed E-state index contributed by atoms with van der Waals surface area (Å²) in [5.74, 6) is -1.01. The minimum Gasteiger partial charge on any atom is -0.495 e. The number of non-ortho nitro benzene ring substituents is 1. The third-order valence-corrected chi connectivity index (χ3v) is 6.14. The summed E-state index contributed by atoms with van der Waals surface area (Å²) >= 11 is 0. The first-order chi connectivity index (χ1) is 16.6. The summed E-state index contributed by atoms with van der Waals surface area (Å²) in [6.07, 6.45) is 0.149. The number of sulfonamides is 1. The van der Waals surface area contributed by atoms with Crippen molar-refractivity contribution in [3.8, 4) is 5.75 Å². The molecule has 0 aliphatic rings. The van der Waals surface area contributed by atoms with E-state index in [0.717, 1.165) is 6.07 Å². The van der Waals surface area contributed by atoms with Crippen molar-refractivity contribution >= 4 is 33.3 Å². The number of carbonyl (C=O) groups is 2. The Balaban J connectivity index is 1.62. The van der Waals surface area contributed by atoms with Crippen molar-refractivity contribution in [3.05, 3.63) is 82.3 Å². The van der Waals surface area contributed by atoms with Crippen molar-refractivity contribution in [1.82, 2.24) is 4.72 Å². The monoisotopic (exact) mass is 503 g/mol. The summed E-state index contributed by atoms with van der Waals surface area (Å²) in [6, 6.07) is 11.8. The summed E-state index contributed by atoms with van der Waals surface area (Å²) in [5, 5.41) is 13.4. The van der Waals surface area contributed by atoms with Crippen molar-refractivity contribution in [3.63, 3.8) is 0 Å². The summed E-state index contributed by atoms with van der Waals surface area (Å²) in [7, 11) is -2.52. The molecular weight excluding hydrogens is 482 g/mol. The SMILES string of the molecule is COc1ccc([N+](=O)[O-])cc1NC(=O)[C@@H](C)OC(=O)c1ccc(S(=O)(=O)NCc2ccco2)cc1. The number of hydrogen-bond acceptors (Lipinski definition) is 9. The number of ether oxygens (including phenoxy) is 2. The Morgan fingerprint density at radius 2 is 1.86 bits per heavy atom. The molecule has 35 heavy (non-hydrogen) atoms. The molecule has 0 aliphatic carbocycles. The van der Waals surface area contributed by atoms with Gasteiger partial charge < -0.3 is 19.2 Å². The van der Waals surface area contributed by atoms with E-state index in [9.17, 15) is 28.1 Å². The molecule has 1 aromatic heterocycles. The molecule has 1 heterocycles. The molecule has 3 rings (SSSR count). The van der Waals surface area contributed by atoms with E-state index in [1.807, 2.05) is 0 Å². The lowest BCUT2D eigenvalue weighted by Crippen LogP contribution is -2.30. The number of rotatable bonds is 10. The second-order valence-electron chi connectivity index (χ2n) is 7.11. The van der Waals surface area contributed by atoms with Crippen LogP contribution in [0.5, 0.6) is 5.75 Å². The van der Waals surface area contributed by atoms with E-state index in [1.165, 1.54) is 56.7 Å². The van der Waals surface area contributed by atoms with Gasteiger partial charge in [0, 0.05) is 12.1 Å². The molecule has 2 N–H and O–H groups in total. The molecule has 12 nitrogen and oxygen atoms in total. The Kier molecular flexibility index (Phi) is 7.83. The van der Waals surface area contributed by atoms with E-state index in [2.05, 4.69) is 10.0 Å². The first kappa shape index (κ1) is 25.4. The molecule has 3 aromatic rings. The Morgan fingerprint density at radius 3 is 2.46 bits per heavy atom. The number of nitrogens with zero attached hydrogens (tertiary/aromatic N) is 1. The highest BCUT2D eigenvalue weighted by molar-refractivity contribution is 7.89. The Morgan fingerprint density at radius 1 is 1.14 bits per heavy atom. The van der Waals surface area contributed by atoms with Gasteiger partial charge >= 0.3 is 5.97 Å². The molecule has 0 spiro atoms. The van der Waals surface area contributed by atoms with Crippen LogP contribution in [0.1, 0.15) is 23.0 Å². The molecule has 0 saturated carbocycles. The van der Waals surface area contributed by atoms with E-state index in [1.54, 1.807) is 12.1 Å². The van der Waals surface area contributed by atoms with E-state index >= 15 is 0 Å². The highest BCUT2D eigenvalue weighted by atomic mass is 32.2.